The number of carboxylic acid groups (broad SMARTS) is 1. The molecule has 1 aromatic heterocycles. The lowest BCUT2D eigenvalue weighted by molar-refractivity contribution is -0.113. The summed E-state index contributed by atoms with van der Waals surface area (Å²) in [5.41, 5.74) is 1.54. The summed E-state index contributed by atoms with van der Waals surface area (Å²) in [6.07, 6.45) is 3.28. The van der Waals surface area contributed by atoms with Gasteiger partial charge in [-0.15, -0.1) is 0 Å². The fourth-order valence-corrected chi connectivity index (χ4v) is 4.07. The summed E-state index contributed by atoms with van der Waals surface area (Å²) >= 11 is 6.43. The number of carbonyl (C=O) groups excluding carboxylic acids is 1. The van der Waals surface area contributed by atoms with E-state index in [9.17, 15) is 14.7 Å². The Morgan fingerprint density at radius 2 is 2.00 bits per heavy atom. The molecule has 2 aromatic carbocycles. The van der Waals surface area contributed by atoms with Gasteiger partial charge in [-0.3, -0.25) is 9.69 Å². The lowest BCUT2D eigenvalue weighted by Gasteiger charge is -2.15. The zero-order valence-corrected chi connectivity index (χ0v) is 15.2. The van der Waals surface area contributed by atoms with Gasteiger partial charge in [-0.05, 0) is 24.3 Å². The Hall–Kier alpha value is -3.10. The number of benzene rings is 2. The van der Waals surface area contributed by atoms with Crippen LogP contribution in [0.1, 0.15) is 15.9 Å². The molecular weight excluding hydrogens is 386 g/mol. The highest BCUT2D eigenvalue weighted by Crippen LogP contribution is 2.38. The Morgan fingerprint density at radius 1 is 1.22 bits per heavy atom. The second-order valence-corrected chi connectivity index (χ2v) is 7.39. The number of carbonyl (C=O) groups is 2. The second kappa shape index (κ2) is 6.57. The van der Waals surface area contributed by atoms with Crippen molar-refractivity contribution < 1.29 is 24.2 Å². The van der Waals surface area contributed by atoms with Gasteiger partial charge in [0.05, 0.1) is 16.9 Å². The summed E-state index contributed by atoms with van der Waals surface area (Å²) in [6.45, 7) is 0. The van der Waals surface area contributed by atoms with Crippen LogP contribution in [0, 0.1) is 0 Å². The van der Waals surface area contributed by atoms with Crippen molar-refractivity contribution in [1.82, 2.24) is 0 Å². The molecule has 0 atom stereocenters. The number of aromatic carboxylic acids is 1. The highest BCUT2D eigenvalue weighted by molar-refractivity contribution is 8.27. The smallest absolute Gasteiger partial charge is 0.339 e. The first-order valence-corrected chi connectivity index (χ1v) is 8.98. The number of hydrogen-bond donors (Lipinski definition) is 2. The molecule has 27 heavy (non-hydrogen) atoms. The fourth-order valence-electron chi connectivity index (χ4n) is 2.78. The monoisotopic (exact) mass is 397 g/mol. The van der Waals surface area contributed by atoms with E-state index in [1.807, 2.05) is 24.3 Å². The number of carboxylic acids is 1. The van der Waals surface area contributed by atoms with Crippen LogP contribution < -0.4 is 4.90 Å². The molecule has 0 aliphatic carbocycles. The van der Waals surface area contributed by atoms with Crippen LogP contribution in [-0.2, 0) is 4.79 Å². The lowest BCUT2D eigenvalue weighted by atomic mass is 10.1. The maximum absolute atomic E-state index is 12.8. The molecule has 1 aliphatic heterocycles. The molecule has 3 aromatic rings. The number of rotatable bonds is 3. The number of furan rings is 1. The quantitative estimate of drug-likeness (QED) is 0.504. The number of hydrogen-bond acceptors (Lipinski definition) is 6. The van der Waals surface area contributed by atoms with E-state index in [4.69, 9.17) is 21.7 Å². The first kappa shape index (κ1) is 17.3. The third-order valence-electron chi connectivity index (χ3n) is 4.06. The lowest BCUT2D eigenvalue weighted by Crippen LogP contribution is -2.27. The number of amides is 1. The standard InChI is InChI=1S/C19H11NO5S2/c21-14-8-11(5-6-13(14)18(23)24)20-17(22)16(27-19(20)26)7-10-9-25-15-4-2-1-3-12(10)15/h1-9,21H,(H,23,24)/b16-7-. The van der Waals surface area contributed by atoms with Crippen LogP contribution in [0.5, 0.6) is 5.75 Å². The SMILES string of the molecule is O=C(O)c1ccc(N2C(=O)/C(=C/c3coc4ccccc34)SC2=S)cc1O. The Bertz CT molecular complexity index is 1150. The van der Waals surface area contributed by atoms with Crippen molar-refractivity contribution in [3.8, 4) is 5.75 Å². The third-order valence-corrected chi connectivity index (χ3v) is 5.36. The summed E-state index contributed by atoms with van der Waals surface area (Å²) in [7, 11) is 0. The molecule has 0 radical (unpaired) electrons. The Labute approximate surface area is 162 Å². The number of anilines is 1. The van der Waals surface area contributed by atoms with Gasteiger partial charge in [-0.1, -0.05) is 42.2 Å². The Kier molecular flexibility index (Phi) is 4.21. The first-order chi connectivity index (χ1) is 13.0. The number of thioether (sulfide) groups is 1. The maximum atomic E-state index is 12.8. The predicted molar refractivity (Wildman–Crippen MR) is 107 cm³/mol. The minimum Gasteiger partial charge on any atom is -0.507 e. The Morgan fingerprint density at radius 3 is 2.74 bits per heavy atom. The average Bonchev–Trinajstić information content (AvgIpc) is 3.16. The molecule has 4 rings (SSSR count). The minimum atomic E-state index is -1.25. The van der Waals surface area contributed by atoms with Gasteiger partial charge < -0.3 is 14.6 Å². The van der Waals surface area contributed by atoms with Gasteiger partial charge in [0.1, 0.15) is 16.9 Å². The van der Waals surface area contributed by atoms with Crippen LogP contribution in [-0.4, -0.2) is 26.4 Å². The molecule has 2 N–H and O–H groups in total. The van der Waals surface area contributed by atoms with Crippen LogP contribution in [0.2, 0.25) is 0 Å². The van der Waals surface area contributed by atoms with E-state index in [-0.39, 0.29) is 11.5 Å². The third kappa shape index (κ3) is 2.98. The topological polar surface area (TPSA) is 91.0 Å². The molecule has 0 bridgehead atoms. The van der Waals surface area contributed by atoms with Gasteiger partial charge in [0.2, 0.25) is 0 Å². The molecule has 8 heteroatoms. The molecule has 1 amide bonds. The van der Waals surface area contributed by atoms with Crippen molar-refractivity contribution >= 4 is 62.9 Å². The summed E-state index contributed by atoms with van der Waals surface area (Å²) in [5, 5.41) is 19.8. The van der Waals surface area contributed by atoms with E-state index >= 15 is 0 Å². The number of thiocarbonyl (C=S) groups is 1. The highest BCUT2D eigenvalue weighted by Gasteiger charge is 2.34. The molecule has 6 nitrogen and oxygen atoms in total. The van der Waals surface area contributed by atoms with Crippen molar-refractivity contribution in [2.75, 3.05) is 4.90 Å². The van der Waals surface area contributed by atoms with E-state index in [0.717, 1.165) is 22.7 Å². The fraction of sp³-hybridized carbons (Fsp3) is 0. The Balaban J connectivity index is 1.70. The summed E-state index contributed by atoms with van der Waals surface area (Å²) < 4.78 is 5.78. The van der Waals surface area contributed by atoms with Gasteiger partial charge in [0.25, 0.3) is 5.91 Å². The molecule has 1 saturated heterocycles. The first-order valence-electron chi connectivity index (χ1n) is 7.76. The number of para-hydroxylation sites is 1. The highest BCUT2D eigenvalue weighted by atomic mass is 32.2. The van der Waals surface area contributed by atoms with Gasteiger partial charge in [-0.2, -0.15) is 0 Å². The van der Waals surface area contributed by atoms with Gasteiger partial charge in [-0.25, -0.2) is 4.79 Å². The van der Waals surface area contributed by atoms with Gasteiger partial charge in [0, 0.05) is 17.0 Å². The van der Waals surface area contributed by atoms with Crippen LogP contribution in [0.3, 0.4) is 0 Å². The number of fused-ring (bicyclic) bond motifs is 1. The van der Waals surface area contributed by atoms with Crippen molar-refractivity contribution in [2.24, 2.45) is 0 Å². The summed E-state index contributed by atoms with van der Waals surface area (Å²) in [6, 6.07) is 11.4. The van der Waals surface area contributed by atoms with Crippen LogP contribution in [0.25, 0.3) is 17.0 Å². The molecule has 134 valence electrons. The van der Waals surface area contributed by atoms with Crippen LogP contribution >= 0.6 is 24.0 Å². The van der Waals surface area contributed by atoms with Crippen molar-refractivity contribution in [3.05, 3.63) is 64.8 Å². The second-order valence-electron chi connectivity index (χ2n) is 5.71. The van der Waals surface area contributed by atoms with E-state index in [1.54, 1.807) is 12.3 Å². The number of nitrogens with zero attached hydrogens (tertiary/aromatic N) is 1. The number of phenols is 1. The van der Waals surface area contributed by atoms with Crippen LogP contribution in [0.4, 0.5) is 5.69 Å². The van der Waals surface area contributed by atoms with E-state index in [2.05, 4.69) is 0 Å². The van der Waals surface area contributed by atoms with Gasteiger partial charge in [0.15, 0.2) is 4.32 Å². The zero-order valence-electron chi connectivity index (χ0n) is 13.6. The summed E-state index contributed by atoms with van der Waals surface area (Å²) in [5.74, 6) is -2.03. The minimum absolute atomic E-state index is 0.246. The molecule has 1 fully saturated rings. The molecule has 0 unspecified atom stereocenters. The van der Waals surface area contributed by atoms with E-state index in [1.165, 1.54) is 23.1 Å². The molecular formula is C19H11NO5S2. The predicted octanol–water partition coefficient (Wildman–Crippen LogP) is 4.24. The van der Waals surface area contributed by atoms with Gasteiger partial charge >= 0.3 is 5.97 Å². The van der Waals surface area contributed by atoms with E-state index in [0.29, 0.717) is 20.5 Å². The largest absolute Gasteiger partial charge is 0.507 e. The normalized spacial score (nSPS) is 15.9. The van der Waals surface area contributed by atoms with Crippen molar-refractivity contribution in [1.29, 1.82) is 0 Å². The zero-order chi connectivity index (χ0) is 19.1. The van der Waals surface area contributed by atoms with Crippen molar-refractivity contribution in [3.63, 3.8) is 0 Å². The molecule has 0 spiro atoms. The summed E-state index contributed by atoms with van der Waals surface area (Å²) in [4.78, 5) is 25.5. The number of aromatic hydroxyl groups is 1. The van der Waals surface area contributed by atoms with E-state index < -0.39 is 11.7 Å². The molecule has 0 saturated carbocycles. The molecule has 2 heterocycles. The van der Waals surface area contributed by atoms with Crippen LogP contribution in [0.15, 0.2) is 58.1 Å². The maximum Gasteiger partial charge on any atom is 0.339 e. The van der Waals surface area contributed by atoms with Crippen molar-refractivity contribution in [2.45, 2.75) is 0 Å². The molecule has 1 aliphatic rings. The average molecular weight is 397 g/mol.